The van der Waals surface area contributed by atoms with Gasteiger partial charge in [-0.2, -0.15) is 0 Å². The first-order valence-electron chi connectivity index (χ1n) is 5.49. The normalized spacial score (nSPS) is 41.2. The molecule has 0 saturated carbocycles. The van der Waals surface area contributed by atoms with Crippen LogP contribution in [0.25, 0.3) is 0 Å². The Labute approximate surface area is 80.3 Å². The molecule has 2 aliphatic rings. The number of carbonyl (C=O) groups is 1. The maximum Gasteiger partial charge on any atom is 0.123 e. The average molecular weight is 181 g/mol. The molecule has 0 aromatic rings. The lowest BCUT2D eigenvalue weighted by Gasteiger charge is -2.43. The molecule has 2 nitrogen and oxygen atoms in total. The molecule has 2 heteroatoms. The van der Waals surface area contributed by atoms with E-state index in [0.29, 0.717) is 5.92 Å². The summed E-state index contributed by atoms with van der Waals surface area (Å²) >= 11 is 0. The van der Waals surface area contributed by atoms with E-state index in [1.54, 1.807) is 0 Å². The fraction of sp³-hybridized carbons (Fsp3) is 0.909. The summed E-state index contributed by atoms with van der Waals surface area (Å²) in [6.07, 6.45) is 5.07. The third-order valence-corrected chi connectivity index (χ3v) is 3.82. The quantitative estimate of drug-likeness (QED) is 0.602. The van der Waals surface area contributed by atoms with Gasteiger partial charge in [0, 0.05) is 12.5 Å². The van der Waals surface area contributed by atoms with Crippen molar-refractivity contribution in [3.63, 3.8) is 0 Å². The average Bonchev–Trinajstić information content (AvgIpc) is 2.18. The van der Waals surface area contributed by atoms with E-state index in [9.17, 15) is 4.79 Å². The summed E-state index contributed by atoms with van der Waals surface area (Å²) in [5.74, 6) is 1.77. The lowest BCUT2D eigenvalue weighted by molar-refractivity contribution is -0.113. The number of hydrogen-bond donors (Lipinski definition) is 0. The molecule has 2 saturated heterocycles. The van der Waals surface area contributed by atoms with Crippen LogP contribution in [0.3, 0.4) is 0 Å². The van der Waals surface area contributed by atoms with E-state index in [-0.39, 0.29) is 5.92 Å². The van der Waals surface area contributed by atoms with Crippen molar-refractivity contribution >= 4 is 6.29 Å². The molecule has 2 bridgehead atoms. The first-order chi connectivity index (χ1) is 6.31. The Hall–Kier alpha value is -0.370. The highest BCUT2D eigenvalue weighted by atomic mass is 16.1. The van der Waals surface area contributed by atoms with Crippen molar-refractivity contribution in [2.75, 3.05) is 19.6 Å². The first-order valence-corrected chi connectivity index (χ1v) is 5.49. The Morgan fingerprint density at radius 1 is 1.38 bits per heavy atom. The monoisotopic (exact) mass is 181 g/mol. The number of aldehydes is 1. The molecule has 4 atom stereocenters. The molecule has 0 aromatic heterocycles. The fourth-order valence-electron chi connectivity index (χ4n) is 3.00. The second-order valence-corrected chi connectivity index (χ2v) is 4.65. The maximum absolute atomic E-state index is 10.8. The van der Waals surface area contributed by atoms with Crippen molar-refractivity contribution in [2.45, 2.75) is 26.2 Å². The van der Waals surface area contributed by atoms with Gasteiger partial charge in [0.15, 0.2) is 0 Å². The van der Waals surface area contributed by atoms with E-state index in [0.717, 1.165) is 12.2 Å². The van der Waals surface area contributed by atoms with Crippen LogP contribution in [0.1, 0.15) is 26.2 Å². The Morgan fingerprint density at radius 3 is 3.00 bits per heavy atom. The topological polar surface area (TPSA) is 20.3 Å². The number of nitrogens with zero attached hydrogens (tertiary/aromatic N) is 1. The van der Waals surface area contributed by atoms with Gasteiger partial charge in [-0.15, -0.1) is 0 Å². The SMILES string of the molecule is CC(C=O)C1CCN2CCCC1C2. The van der Waals surface area contributed by atoms with Gasteiger partial charge in [-0.05, 0) is 44.2 Å². The molecule has 0 spiro atoms. The minimum atomic E-state index is 0.283. The van der Waals surface area contributed by atoms with Gasteiger partial charge in [0.2, 0.25) is 0 Å². The molecule has 74 valence electrons. The standard InChI is InChI=1S/C11H19NO/c1-9(8-13)11-4-6-12-5-2-3-10(11)7-12/h8-11H,2-7H2,1H3. The fourth-order valence-corrected chi connectivity index (χ4v) is 3.00. The smallest absolute Gasteiger partial charge is 0.123 e. The lowest BCUT2D eigenvalue weighted by Crippen LogP contribution is -2.46. The van der Waals surface area contributed by atoms with E-state index in [2.05, 4.69) is 11.8 Å². The van der Waals surface area contributed by atoms with Crippen LogP contribution < -0.4 is 0 Å². The van der Waals surface area contributed by atoms with Crippen molar-refractivity contribution in [3.05, 3.63) is 0 Å². The van der Waals surface area contributed by atoms with Gasteiger partial charge in [0.25, 0.3) is 0 Å². The van der Waals surface area contributed by atoms with Gasteiger partial charge < -0.3 is 9.69 Å². The van der Waals surface area contributed by atoms with Gasteiger partial charge in [-0.1, -0.05) is 6.92 Å². The van der Waals surface area contributed by atoms with Crippen LogP contribution in [-0.2, 0) is 4.79 Å². The van der Waals surface area contributed by atoms with Crippen LogP contribution >= 0.6 is 0 Å². The molecule has 0 aromatic carbocycles. The Kier molecular flexibility index (Phi) is 2.68. The predicted molar refractivity (Wildman–Crippen MR) is 52.5 cm³/mol. The number of rotatable bonds is 2. The lowest BCUT2D eigenvalue weighted by atomic mass is 9.74. The van der Waals surface area contributed by atoms with Crippen LogP contribution in [0.5, 0.6) is 0 Å². The molecule has 2 fully saturated rings. The summed E-state index contributed by atoms with van der Waals surface area (Å²) < 4.78 is 0. The highest BCUT2D eigenvalue weighted by Gasteiger charge is 2.34. The number of carbonyl (C=O) groups excluding carboxylic acids is 1. The summed E-state index contributed by atoms with van der Waals surface area (Å²) in [6.45, 7) is 5.85. The van der Waals surface area contributed by atoms with E-state index in [4.69, 9.17) is 0 Å². The van der Waals surface area contributed by atoms with Crippen molar-refractivity contribution in [2.24, 2.45) is 17.8 Å². The largest absolute Gasteiger partial charge is 0.303 e. The molecule has 4 unspecified atom stereocenters. The predicted octanol–water partition coefficient (Wildman–Crippen LogP) is 1.55. The van der Waals surface area contributed by atoms with Gasteiger partial charge >= 0.3 is 0 Å². The third-order valence-electron chi connectivity index (χ3n) is 3.82. The van der Waals surface area contributed by atoms with E-state index in [1.807, 2.05) is 0 Å². The van der Waals surface area contributed by atoms with Crippen LogP contribution in [0.4, 0.5) is 0 Å². The Bertz CT molecular complexity index is 193. The molecule has 2 heterocycles. The zero-order chi connectivity index (χ0) is 9.26. The molecule has 13 heavy (non-hydrogen) atoms. The summed E-state index contributed by atoms with van der Waals surface area (Å²) in [5, 5.41) is 0. The first kappa shape index (κ1) is 9.20. The van der Waals surface area contributed by atoms with Gasteiger partial charge in [-0.3, -0.25) is 0 Å². The number of fused-ring (bicyclic) bond motifs is 2. The molecular weight excluding hydrogens is 162 g/mol. The van der Waals surface area contributed by atoms with Gasteiger partial charge in [0.1, 0.15) is 6.29 Å². The van der Waals surface area contributed by atoms with Crippen LogP contribution in [0, 0.1) is 17.8 Å². The van der Waals surface area contributed by atoms with Crippen molar-refractivity contribution in [3.8, 4) is 0 Å². The Morgan fingerprint density at radius 2 is 2.23 bits per heavy atom. The second kappa shape index (κ2) is 3.79. The third kappa shape index (κ3) is 1.78. The molecule has 0 aliphatic carbocycles. The molecular formula is C11H19NO. The van der Waals surface area contributed by atoms with E-state index < -0.39 is 0 Å². The van der Waals surface area contributed by atoms with Gasteiger partial charge in [-0.25, -0.2) is 0 Å². The molecule has 0 N–H and O–H groups in total. The van der Waals surface area contributed by atoms with Gasteiger partial charge in [0.05, 0.1) is 0 Å². The molecule has 0 amide bonds. The number of hydrogen-bond acceptors (Lipinski definition) is 2. The Balaban J connectivity index is 2.00. The number of piperidine rings is 2. The van der Waals surface area contributed by atoms with Crippen molar-refractivity contribution in [1.29, 1.82) is 0 Å². The summed E-state index contributed by atoms with van der Waals surface area (Å²) in [7, 11) is 0. The van der Waals surface area contributed by atoms with E-state index >= 15 is 0 Å². The zero-order valence-electron chi connectivity index (χ0n) is 8.41. The highest BCUT2D eigenvalue weighted by Crippen LogP contribution is 2.35. The van der Waals surface area contributed by atoms with E-state index in [1.165, 1.54) is 38.9 Å². The maximum atomic E-state index is 10.8. The zero-order valence-corrected chi connectivity index (χ0v) is 8.41. The minimum absolute atomic E-state index is 0.283. The minimum Gasteiger partial charge on any atom is -0.303 e. The second-order valence-electron chi connectivity index (χ2n) is 4.65. The van der Waals surface area contributed by atoms with Crippen LogP contribution in [0.2, 0.25) is 0 Å². The van der Waals surface area contributed by atoms with Crippen LogP contribution in [-0.4, -0.2) is 30.8 Å². The molecule has 2 aliphatic heterocycles. The van der Waals surface area contributed by atoms with Crippen LogP contribution in [0.15, 0.2) is 0 Å². The molecule has 2 rings (SSSR count). The summed E-state index contributed by atoms with van der Waals surface area (Å²) in [6, 6.07) is 0. The van der Waals surface area contributed by atoms with Crippen molar-refractivity contribution in [1.82, 2.24) is 4.90 Å². The van der Waals surface area contributed by atoms with Crippen molar-refractivity contribution < 1.29 is 4.79 Å². The summed E-state index contributed by atoms with van der Waals surface area (Å²) in [4.78, 5) is 13.3. The highest BCUT2D eigenvalue weighted by molar-refractivity contribution is 5.53. The summed E-state index contributed by atoms with van der Waals surface area (Å²) in [5.41, 5.74) is 0. The molecule has 0 radical (unpaired) electrons.